The normalized spacial score (nSPS) is 20.2. The van der Waals surface area contributed by atoms with Crippen LogP contribution >= 0.6 is 11.6 Å². The summed E-state index contributed by atoms with van der Waals surface area (Å²) in [5.41, 5.74) is 2.45. The Morgan fingerprint density at radius 2 is 2.10 bits per heavy atom. The van der Waals surface area contributed by atoms with Crippen molar-refractivity contribution in [2.24, 2.45) is 11.8 Å². The largest absolute Gasteiger partial charge is 0.370 e. The molecule has 0 bridgehead atoms. The standard InChI is InChI=1S/C17H27ClN2/c1-13(2)15-5-4-9-20(10-8-15)17-7-6-14(12-19-3)11-16(17)18/h6-7,11,13,15,19H,4-5,8-10,12H2,1-3H3. The lowest BCUT2D eigenvalue weighted by molar-refractivity contribution is 0.351. The highest BCUT2D eigenvalue weighted by Gasteiger charge is 2.20. The minimum atomic E-state index is 0.795. The second kappa shape index (κ2) is 7.33. The third-order valence-electron chi connectivity index (χ3n) is 4.45. The molecular weight excluding hydrogens is 268 g/mol. The zero-order valence-electron chi connectivity index (χ0n) is 13.0. The fraction of sp³-hybridized carbons (Fsp3) is 0.647. The van der Waals surface area contributed by atoms with Crippen LogP contribution in [0.1, 0.15) is 38.7 Å². The van der Waals surface area contributed by atoms with E-state index in [1.54, 1.807) is 0 Å². The molecule has 1 aliphatic heterocycles. The molecule has 1 heterocycles. The summed E-state index contributed by atoms with van der Waals surface area (Å²) in [4.78, 5) is 2.47. The Labute approximate surface area is 128 Å². The number of halogens is 1. The van der Waals surface area contributed by atoms with Crippen molar-refractivity contribution >= 4 is 17.3 Å². The molecule has 0 amide bonds. The predicted molar refractivity (Wildman–Crippen MR) is 88.6 cm³/mol. The maximum atomic E-state index is 6.48. The van der Waals surface area contributed by atoms with E-state index in [9.17, 15) is 0 Å². The summed E-state index contributed by atoms with van der Waals surface area (Å²) >= 11 is 6.48. The van der Waals surface area contributed by atoms with Crippen LogP contribution in [0, 0.1) is 11.8 Å². The van der Waals surface area contributed by atoms with E-state index >= 15 is 0 Å². The third kappa shape index (κ3) is 3.89. The summed E-state index contributed by atoms with van der Waals surface area (Å²) < 4.78 is 0. The second-order valence-electron chi connectivity index (χ2n) is 6.24. The lowest BCUT2D eigenvalue weighted by Gasteiger charge is -2.25. The molecule has 3 heteroatoms. The summed E-state index contributed by atoms with van der Waals surface area (Å²) in [5, 5.41) is 4.06. The quantitative estimate of drug-likeness (QED) is 0.889. The van der Waals surface area contributed by atoms with E-state index < -0.39 is 0 Å². The lowest BCUT2D eigenvalue weighted by Crippen LogP contribution is -2.25. The molecule has 1 saturated heterocycles. The summed E-state index contributed by atoms with van der Waals surface area (Å²) in [6.45, 7) is 7.83. The maximum absolute atomic E-state index is 6.48. The van der Waals surface area contributed by atoms with Gasteiger partial charge >= 0.3 is 0 Å². The molecule has 1 unspecified atom stereocenters. The van der Waals surface area contributed by atoms with Gasteiger partial charge in [-0.25, -0.2) is 0 Å². The van der Waals surface area contributed by atoms with Crippen molar-refractivity contribution in [1.82, 2.24) is 5.32 Å². The highest BCUT2D eigenvalue weighted by atomic mass is 35.5. The third-order valence-corrected chi connectivity index (χ3v) is 4.75. The van der Waals surface area contributed by atoms with Gasteiger partial charge in [0, 0.05) is 19.6 Å². The first-order valence-corrected chi connectivity index (χ1v) is 8.17. The molecule has 2 rings (SSSR count). The highest BCUT2D eigenvalue weighted by molar-refractivity contribution is 6.33. The molecule has 1 aromatic carbocycles. The van der Waals surface area contributed by atoms with Crippen molar-refractivity contribution in [1.29, 1.82) is 0 Å². The van der Waals surface area contributed by atoms with E-state index in [0.29, 0.717) is 0 Å². The maximum Gasteiger partial charge on any atom is 0.0642 e. The van der Waals surface area contributed by atoms with Crippen LogP contribution in [-0.4, -0.2) is 20.1 Å². The molecule has 1 aliphatic rings. The molecule has 0 saturated carbocycles. The first-order valence-electron chi connectivity index (χ1n) is 7.79. The van der Waals surface area contributed by atoms with Gasteiger partial charge in [0.2, 0.25) is 0 Å². The first-order chi connectivity index (χ1) is 9.61. The Balaban J connectivity index is 2.07. The van der Waals surface area contributed by atoms with E-state index in [1.165, 1.54) is 30.5 Å². The molecule has 112 valence electrons. The molecule has 1 fully saturated rings. The summed E-state index contributed by atoms with van der Waals surface area (Å²) in [5.74, 6) is 1.66. The van der Waals surface area contributed by atoms with Gasteiger partial charge in [0.25, 0.3) is 0 Å². The highest BCUT2D eigenvalue weighted by Crippen LogP contribution is 2.31. The monoisotopic (exact) mass is 294 g/mol. The van der Waals surface area contributed by atoms with Gasteiger partial charge in [-0.1, -0.05) is 31.5 Å². The van der Waals surface area contributed by atoms with Gasteiger partial charge in [-0.3, -0.25) is 0 Å². The van der Waals surface area contributed by atoms with E-state index in [4.69, 9.17) is 11.6 Å². The fourth-order valence-corrected chi connectivity index (χ4v) is 3.47. The van der Waals surface area contributed by atoms with Gasteiger partial charge in [-0.15, -0.1) is 0 Å². The molecule has 0 aromatic heterocycles. The number of hydrogen-bond acceptors (Lipinski definition) is 2. The van der Waals surface area contributed by atoms with Crippen LogP contribution in [0.5, 0.6) is 0 Å². The van der Waals surface area contributed by atoms with Crippen LogP contribution in [-0.2, 0) is 6.54 Å². The van der Waals surface area contributed by atoms with E-state index in [1.807, 2.05) is 7.05 Å². The van der Waals surface area contributed by atoms with Crippen LogP contribution < -0.4 is 10.2 Å². The Morgan fingerprint density at radius 1 is 1.30 bits per heavy atom. The van der Waals surface area contributed by atoms with Crippen molar-refractivity contribution in [3.05, 3.63) is 28.8 Å². The average molecular weight is 295 g/mol. The van der Waals surface area contributed by atoms with Crippen molar-refractivity contribution in [2.75, 3.05) is 25.0 Å². The molecule has 20 heavy (non-hydrogen) atoms. The smallest absolute Gasteiger partial charge is 0.0642 e. The van der Waals surface area contributed by atoms with Gasteiger partial charge in [0.05, 0.1) is 10.7 Å². The zero-order valence-corrected chi connectivity index (χ0v) is 13.7. The first kappa shape index (κ1) is 15.7. The predicted octanol–water partition coefficient (Wildman–Crippen LogP) is 4.32. The summed E-state index contributed by atoms with van der Waals surface area (Å²) in [6.07, 6.45) is 3.91. The van der Waals surface area contributed by atoms with E-state index in [0.717, 1.165) is 36.5 Å². The van der Waals surface area contributed by atoms with Crippen LogP contribution in [0.2, 0.25) is 5.02 Å². The molecule has 1 N–H and O–H groups in total. The molecule has 0 aliphatic carbocycles. The molecule has 0 radical (unpaired) electrons. The van der Waals surface area contributed by atoms with Crippen LogP contribution in [0.3, 0.4) is 0 Å². The topological polar surface area (TPSA) is 15.3 Å². The van der Waals surface area contributed by atoms with Crippen molar-refractivity contribution in [3.63, 3.8) is 0 Å². The number of nitrogens with one attached hydrogen (secondary N) is 1. The Hall–Kier alpha value is -0.730. The second-order valence-corrected chi connectivity index (χ2v) is 6.65. The number of nitrogens with zero attached hydrogens (tertiary/aromatic N) is 1. The van der Waals surface area contributed by atoms with Crippen molar-refractivity contribution in [2.45, 2.75) is 39.7 Å². The minimum Gasteiger partial charge on any atom is -0.370 e. The average Bonchev–Trinajstić information content (AvgIpc) is 2.65. The van der Waals surface area contributed by atoms with Gasteiger partial charge in [-0.05, 0) is 55.8 Å². The summed E-state index contributed by atoms with van der Waals surface area (Å²) in [6, 6.07) is 6.46. The van der Waals surface area contributed by atoms with E-state index in [2.05, 4.69) is 42.3 Å². The molecule has 2 nitrogen and oxygen atoms in total. The van der Waals surface area contributed by atoms with Crippen LogP contribution in [0.15, 0.2) is 18.2 Å². The zero-order chi connectivity index (χ0) is 14.5. The van der Waals surface area contributed by atoms with Gasteiger partial charge < -0.3 is 10.2 Å². The van der Waals surface area contributed by atoms with Crippen LogP contribution in [0.4, 0.5) is 5.69 Å². The molecular formula is C17H27ClN2. The summed E-state index contributed by atoms with van der Waals surface area (Å²) in [7, 11) is 1.96. The Kier molecular flexibility index (Phi) is 5.74. The van der Waals surface area contributed by atoms with Crippen molar-refractivity contribution in [3.8, 4) is 0 Å². The number of benzene rings is 1. The van der Waals surface area contributed by atoms with Crippen LogP contribution in [0.25, 0.3) is 0 Å². The number of anilines is 1. The number of hydrogen-bond donors (Lipinski definition) is 1. The SMILES string of the molecule is CNCc1ccc(N2CCCC(C(C)C)CC2)c(Cl)c1. The molecule has 0 spiro atoms. The lowest BCUT2D eigenvalue weighted by atomic mass is 9.89. The van der Waals surface area contributed by atoms with Crippen molar-refractivity contribution < 1.29 is 0 Å². The van der Waals surface area contributed by atoms with Gasteiger partial charge in [0.1, 0.15) is 0 Å². The number of rotatable bonds is 4. The Morgan fingerprint density at radius 3 is 2.75 bits per heavy atom. The fourth-order valence-electron chi connectivity index (χ4n) is 3.15. The van der Waals surface area contributed by atoms with E-state index in [-0.39, 0.29) is 0 Å². The molecule has 1 aromatic rings. The minimum absolute atomic E-state index is 0.795. The van der Waals surface area contributed by atoms with Gasteiger partial charge in [-0.2, -0.15) is 0 Å². The Bertz CT molecular complexity index is 431. The van der Waals surface area contributed by atoms with Gasteiger partial charge in [0.15, 0.2) is 0 Å². The molecule has 1 atom stereocenters.